The molecule has 17 heavy (non-hydrogen) atoms. The fourth-order valence-electron chi connectivity index (χ4n) is 1.47. The van der Waals surface area contributed by atoms with Crippen molar-refractivity contribution in [3.05, 3.63) is 11.7 Å². The monoisotopic (exact) mass is 351 g/mol. The highest BCUT2D eigenvalue weighted by atomic mass is 127. The summed E-state index contributed by atoms with van der Waals surface area (Å²) in [5, 5.41) is 10.3. The van der Waals surface area contributed by atoms with Crippen molar-refractivity contribution in [2.45, 2.75) is 32.9 Å². The summed E-state index contributed by atoms with van der Waals surface area (Å²) in [5.41, 5.74) is 0. The average molecular weight is 351 g/mol. The molecule has 2 atom stereocenters. The molecule has 1 fully saturated rings. The molecule has 1 aromatic heterocycles. The molecule has 2 rings (SSSR count). The van der Waals surface area contributed by atoms with E-state index in [0.717, 1.165) is 11.9 Å². The van der Waals surface area contributed by atoms with E-state index in [0.29, 0.717) is 24.3 Å². The van der Waals surface area contributed by atoms with Crippen LogP contribution in [0.4, 0.5) is 0 Å². The van der Waals surface area contributed by atoms with Crippen LogP contribution in [0.2, 0.25) is 0 Å². The predicted octanol–water partition coefficient (Wildman–Crippen LogP) is 1.07. The smallest absolute Gasteiger partial charge is 0.223 e. The van der Waals surface area contributed by atoms with Crippen molar-refractivity contribution in [3.8, 4) is 0 Å². The van der Waals surface area contributed by atoms with E-state index in [9.17, 15) is 0 Å². The minimum atomic E-state index is 0. The standard InChI is InChI=1S/C10H17N5O.HI/c1-6-4-8(6)14-10(11-3)12-5-9-13-7(2)16-15-9;/h6,8H,4-5H2,1-3H3,(H2,11,12,14);1H. The number of hydrogen-bond donors (Lipinski definition) is 2. The molecule has 0 aromatic carbocycles. The second kappa shape index (κ2) is 6.18. The Morgan fingerprint density at radius 2 is 2.29 bits per heavy atom. The Kier molecular flexibility index (Phi) is 5.16. The van der Waals surface area contributed by atoms with Crippen molar-refractivity contribution in [2.75, 3.05) is 7.05 Å². The fraction of sp³-hybridized carbons (Fsp3) is 0.700. The first-order chi connectivity index (χ1) is 7.69. The van der Waals surface area contributed by atoms with Gasteiger partial charge in [-0.25, -0.2) is 0 Å². The van der Waals surface area contributed by atoms with E-state index < -0.39 is 0 Å². The number of aryl methyl sites for hydroxylation is 1. The van der Waals surface area contributed by atoms with E-state index >= 15 is 0 Å². The van der Waals surface area contributed by atoms with Gasteiger partial charge in [0.15, 0.2) is 11.8 Å². The maximum absolute atomic E-state index is 4.88. The summed E-state index contributed by atoms with van der Waals surface area (Å²) in [6, 6.07) is 0.554. The summed E-state index contributed by atoms with van der Waals surface area (Å²) < 4.78 is 4.88. The van der Waals surface area contributed by atoms with E-state index in [1.165, 1.54) is 6.42 Å². The van der Waals surface area contributed by atoms with Gasteiger partial charge in [-0.2, -0.15) is 4.98 Å². The maximum Gasteiger partial charge on any atom is 0.223 e. The molecule has 1 aliphatic rings. The van der Waals surface area contributed by atoms with Crippen LogP contribution < -0.4 is 10.6 Å². The molecule has 2 N–H and O–H groups in total. The SMILES string of the molecule is CN=C(NCc1noc(C)n1)NC1CC1C.I. The van der Waals surface area contributed by atoms with Crippen LogP contribution in [0.15, 0.2) is 9.52 Å². The minimum Gasteiger partial charge on any atom is -0.353 e. The van der Waals surface area contributed by atoms with Gasteiger partial charge >= 0.3 is 0 Å². The third-order valence-corrected chi connectivity index (χ3v) is 2.64. The van der Waals surface area contributed by atoms with Crippen LogP contribution in [0, 0.1) is 12.8 Å². The molecule has 0 aliphatic heterocycles. The third-order valence-electron chi connectivity index (χ3n) is 2.64. The number of nitrogens with one attached hydrogen (secondary N) is 2. The largest absolute Gasteiger partial charge is 0.353 e. The lowest BCUT2D eigenvalue weighted by molar-refractivity contribution is 0.387. The Morgan fingerprint density at radius 3 is 2.76 bits per heavy atom. The van der Waals surface area contributed by atoms with Gasteiger partial charge in [-0.15, -0.1) is 24.0 Å². The van der Waals surface area contributed by atoms with Crippen LogP contribution >= 0.6 is 24.0 Å². The van der Waals surface area contributed by atoms with Gasteiger partial charge in [0, 0.05) is 20.0 Å². The Balaban J connectivity index is 0.00000144. The van der Waals surface area contributed by atoms with Crippen LogP contribution in [0.1, 0.15) is 25.1 Å². The highest BCUT2D eigenvalue weighted by molar-refractivity contribution is 14.0. The molecule has 1 saturated carbocycles. The van der Waals surface area contributed by atoms with Crippen LogP contribution in [0.3, 0.4) is 0 Å². The van der Waals surface area contributed by atoms with E-state index in [1.54, 1.807) is 14.0 Å². The number of hydrogen-bond acceptors (Lipinski definition) is 4. The van der Waals surface area contributed by atoms with Gasteiger partial charge in [0.25, 0.3) is 0 Å². The molecule has 0 amide bonds. The van der Waals surface area contributed by atoms with Crippen LogP contribution in [0.5, 0.6) is 0 Å². The second-order valence-corrected chi connectivity index (χ2v) is 4.12. The van der Waals surface area contributed by atoms with Gasteiger partial charge in [0.2, 0.25) is 5.89 Å². The van der Waals surface area contributed by atoms with Crippen molar-refractivity contribution >= 4 is 29.9 Å². The van der Waals surface area contributed by atoms with Crippen molar-refractivity contribution in [1.82, 2.24) is 20.8 Å². The summed E-state index contributed by atoms with van der Waals surface area (Å²) in [4.78, 5) is 8.24. The molecule has 6 nitrogen and oxygen atoms in total. The molecule has 0 spiro atoms. The second-order valence-electron chi connectivity index (χ2n) is 4.12. The van der Waals surface area contributed by atoms with Gasteiger partial charge in [-0.05, 0) is 12.3 Å². The zero-order chi connectivity index (χ0) is 11.5. The summed E-state index contributed by atoms with van der Waals surface area (Å²) in [6.07, 6.45) is 1.21. The van der Waals surface area contributed by atoms with E-state index in [1.807, 2.05) is 0 Å². The van der Waals surface area contributed by atoms with Crippen molar-refractivity contribution < 1.29 is 4.52 Å². The topological polar surface area (TPSA) is 75.3 Å². The number of halogens is 1. The maximum atomic E-state index is 4.88. The first-order valence-corrected chi connectivity index (χ1v) is 5.45. The zero-order valence-electron chi connectivity index (χ0n) is 10.2. The predicted molar refractivity (Wildman–Crippen MR) is 75.4 cm³/mol. The van der Waals surface area contributed by atoms with Gasteiger partial charge in [-0.1, -0.05) is 12.1 Å². The van der Waals surface area contributed by atoms with Crippen molar-refractivity contribution in [1.29, 1.82) is 0 Å². The number of aromatic nitrogens is 2. The molecule has 0 saturated heterocycles. The molecule has 1 aromatic rings. The van der Waals surface area contributed by atoms with E-state index in [4.69, 9.17) is 4.52 Å². The first-order valence-electron chi connectivity index (χ1n) is 5.45. The fourth-order valence-corrected chi connectivity index (χ4v) is 1.47. The van der Waals surface area contributed by atoms with Gasteiger partial charge in [0.1, 0.15) is 0 Å². The number of rotatable bonds is 3. The Morgan fingerprint density at radius 1 is 1.59 bits per heavy atom. The van der Waals surface area contributed by atoms with Gasteiger partial charge in [-0.3, -0.25) is 4.99 Å². The summed E-state index contributed by atoms with van der Waals surface area (Å²) in [6.45, 7) is 4.51. The lowest BCUT2D eigenvalue weighted by Gasteiger charge is -2.09. The highest BCUT2D eigenvalue weighted by Gasteiger charge is 2.33. The van der Waals surface area contributed by atoms with E-state index in [2.05, 4.69) is 32.7 Å². The Bertz CT molecular complexity index is 392. The van der Waals surface area contributed by atoms with Crippen LogP contribution in [-0.2, 0) is 6.54 Å². The number of aliphatic imine (C=N–C) groups is 1. The lowest BCUT2D eigenvalue weighted by Crippen LogP contribution is -2.38. The van der Waals surface area contributed by atoms with Gasteiger partial charge < -0.3 is 15.2 Å². The summed E-state index contributed by atoms with van der Waals surface area (Å²) in [7, 11) is 1.75. The molecule has 0 radical (unpaired) electrons. The zero-order valence-corrected chi connectivity index (χ0v) is 12.6. The summed E-state index contributed by atoms with van der Waals surface area (Å²) in [5.74, 6) is 2.75. The van der Waals surface area contributed by atoms with Crippen molar-refractivity contribution in [2.24, 2.45) is 10.9 Å². The van der Waals surface area contributed by atoms with Crippen LogP contribution in [-0.4, -0.2) is 29.2 Å². The molecule has 1 heterocycles. The van der Waals surface area contributed by atoms with E-state index in [-0.39, 0.29) is 24.0 Å². The number of guanidine groups is 1. The van der Waals surface area contributed by atoms with Crippen LogP contribution in [0.25, 0.3) is 0 Å². The molecular weight excluding hydrogens is 333 g/mol. The molecule has 2 unspecified atom stereocenters. The highest BCUT2D eigenvalue weighted by Crippen LogP contribution is 2.28. The Labute approximate surface area is 118 Å². The minimum absolute atomic E-state index is 0. The normalized spacial score (nSPS) is 22.9. The molecular formula is C10H18IN5O. The van der Waals surface area contributed by atoms with Gasteiger partial charge in [0.05, 0.1) is 6.54 Å². The molecule has 96 valence electrons. The molecule has 7 heteroatoms. The first kappa shape index (κ1) is 14.2. The number of nitrogens with zero attached hydrogens (tertiary/aromatic N) is 3. The quantitative estimate of drug-likeness (QED) is 0.484. The lowest BCUT2D eigenvalue weighted by atomic mass is 10.5. The Hall–Kier alpha value is -0.860. The summed E-state index contributed by atoms with van der Waals surface area (Å²) >= 11 is 0. The van der Waals surface area contributed by atoms with Crippen molar-refractivity contribution in [3.63, 3.8) is 0 Å². The molecule has 0 bridgehead atoms. The molecule has 1 aliphatic carbocycles. The average Bonchev–Trinajstić information content (AvgIpc) is 2.78. The third kappa shape index (κ3) is 4.14.